The van der Waals surface area contributed by atoms with E-state index in [1.807, 2.05) is 54.5 Å². The number of carbonyl (C=O) groups excluding carboxylic acids is 11. The summed E-state index contributed by atoms with van der Waals surface area (Å²) in [6, 6.07) is -14.1. The highest BCUT2D eigenvalue weighted by Gasteiger charge is 2.47. The smallest absolute Gasteiger partial charge is 0.246 e. The number of aliphatic hydroxyl groups is 1. The molecule has 0 aliphatic carbocycles. The number of amides is 11. The van der Waals surface area contributed by atoms with Crippen molar-refractivity contribution in [3.8, 4) is 0 Å². The Bertz CT molecular complexity index is 2620. The molecule has 11 amide bonds. The van der Waals surface area contributed by atoms with Gasteiger partial charge in [-0.05, 0) is 134 Å². The number of thioether (sulfide) groups is 1. The van der Waals surface area contributed by atoms with Crippen LogP contribution in [0.4, 0.5) is 0 Å². The van der Waals surface area contributed by atoms with E-state index in [0.29, 0.717) is 12.2 Å². The third-order valence-electron chi connectivity index (χ3n) is 18.9. The molecule has 1 aliphatic rings. The fourth-order valence-electron chi connectivity index (χ4n) is 12.2. The topological polar surface area (TPSA) is 291 Å². The van der Waals surface area contributed by atoms with Crippen molar-refractivity contribution in [2.75, 3.05) is 87.6 Å². The van der Waals surface area contributed by atoms with E-state index in [0.717, 1.165) is 31.0 Å². The molecule has 97 heavy (non-hydrogen) atoms. The second kappa shape index (κ2) is 41.6. The molecular weight excluding hydrogens is 1260 g/mol. The first kappa shape index (κ1) is 89.2. The van der Waals surface area contributed by atoms with Crippen LogP contribution in [0.25, 0.3) is 0 Å². The fourth-order valence-corrected chi connectivity index (χ4v) is 13.3. The molecule has 0 bridgehead atoms. The zero-order valence-corrected chi connectivity index (χ0v) is 65.2. The summed E-state index contributed by atoms with van der Waals surface area (Å²) in [5, 5.41) is 23.6. The average molecular weight is 1390 g/mol. The molecule has 1 rings (SSSR count). The summed E-state index contributed by atoms with van der Waals surface area (Å²) in [4.78, 5) is 176. The maximum absolute atomic E-state index is 15.5. The van der Waals surface area contributed by atoms with E-state index in [4.69, 9.17) is 4.74 Å². The van der Waals surface area contributed by atoms with E-state index >= 15 is 33.6 Å². The number of likely N-dealkylation sites (N-methyl/N-ethyl adjacent to an activating group) is 7. The minimum atomic E-state index is -1.65. The van der Waals surface area contributed by atoms with Gasteiger partial charge in [-0.2, -0.15) is 11.8 Å². The molecule has 0 spiro atoms. The first-order chi connectivity index (χ1) is 45.0. The van der Waals surface area contributed by atoms with Crippen LogP contribution in [0.3, 0.4) is 0 Å². The predicted molar refractivity (Wildman–Crippen MR) is 383 cm³/mol. The molecule has 1 fully saturated rings. The molecule has 0 unspecified atom stereocenters. The molecule has 558 valence electrons. The maximum atomic E-state index is 15.5. The zero-order chi connectivity index (χ0) is 75.0. The van der Waals surface area contributed by atoms with Gasteiger partial charge >= 0.3 is 0 Å². The van der Waals surface area contributed by atoms with Gasteiger partial charge in [-0.25, -0.2) is 0 Å². The van der Waals surface area contributed by atoms with Gasteiger partial charge in [0.2, 0.25) is 65.0 Å². The predicted octanol–water partition coefficient (Wildman–Crippen LogP) is 4.87. The van der Waals surface area contributed by atoms with Crippen LogP contribution >= 0.6 is 11.8 Å². The van der Waals surface area contributed by atoms with Crippen molar-refractivity contribution in [3.63, 3.8) is 0 Å². The molecule has 1 aliphatic heterocycles. The Hall–Kier alpha value is -5.86. The maximum Gasteiger partial charge on any atom is 0.246 e. The molecule has 0 saturated carbocycles. The van der Waals surface area contributed by atoms with Gasteiger partial charge in [0.05, 0.1) is 11.7 Å². The minimum Gasteiger partial charge on any atom is -0.390 e. The second-order valence-corrected chi connectivity index (χ2v) is 30.5. The third kappa shape index (κ3) is 26.0. The van der Waals surface area contributed by atoms with Crippen LogP contribution in [0.1, 0.15) is 176 Å². The van der Waals surface area contributed by atoms with Crippen LogP contribution in [0, 0.1) is 35.5 Å². The molecular formula is C71H130N12O13S. The standard InChI is InChI=1S/C71H130N12O13S/c1-28-32-34-47(15)59(84)58-63(88)74-50(29-2)65(90)80(24)55(41-97-36-33-35-83(30-3)31-4)68(93)79(23)54(40-71(18,19)96-27)62(87)75-56(45(11)12)69(94)76(20)51(37-42(5)6)61(86)72-48(16)60(85)73-49(17)64(89)77(21)52(38-43(7)8)66(91)78(22)53(39-44(9)10)67(92)81(25)57(46(13)14)70(95)82(58)26/h28,32,42-59,84H,29-31,33-41H2,1-27H3,(H,72,86)(H,73,85)(H,74,88)(H,75,87)/b32-28+/t47-,48+,49-,50+,51+,52+,53+,54+,55-,56+,57+,58+,59-/m1/s1. The molecule has 1 saturated heterocycles. The summed E-state index contributed by atoms with van der Waals surface area (Å²) >= 11 is 1.44. The van der Waals surface area contributed by atoms with E-state index in [-0.39, 0.29) is 55.6 Å². The molecule has 0 aromatic rings. The van der Waals surface area contributed by atoms with E-state index in [9.17, 15) is 24.3 Å². The number of allylic oxidation sites excluding steroid dienone is 2. The Morgan fingerprint density at radius 3 is 1.44 bits per heavy atom. The molecule has 13 atom stereocenters. The van der Waals surface area contributed by atoms with E-state index in [1.54, 1.807) is 61.5 Å². The first-order valence-electron chi connectivity index (χ1n) is 35.2. The lowest BCUT2D eigenvalue weighted by Gasteiger charge is -2.41. The van der Waals surface area contributed by atoms with Gasteiger partial charge in [0.25, 0.3) is 0 Å². The monoisotopic (exact) mass is 1390 g/mol. The molecule has 0 radical (unpaired) electrons. The molecule has 5 N–H and O–H groups in total. The number of methoxy groups -OCH3 is 1. The first-order valence-corrected chi connectivity index (χ1v) is 36.3. The van der Waals surface area contributed by atoms with Crippen LogP contribution < -0.4 is 21.3 Å². The van der Waals surface area contributed by atoms with Gasteiger partial charge in [-0.3, -0.25) is 52.7 Å². The van der Waals surface area contributed by atoms with Gasteiger partial charge in [0.1, 0.15) is 66.5 Å². The molecule has 0 aromatic carbocycles. The highest BCUT2D eigenvalue weighted by molar-refractivity contribution is 7.99. The van der Waals surface area contributed by atoms with E-state index in [1.165, 1.54) is 111 Å². The highest BCUT2D eigenvalue weighted by Crippen LogP contribution is 2.27. The van der Waals surface area contributed by atoms with Crippen LogP contribution in [0.2, 0.25) is 0 Å². The lowest BCUT2D eigenvalue weighted by Crippen LogP contribution is -2.64. The van der Waals surface area contributed by atoms with Crippen molar-refractivity contribution in [2.45, 2.75) is 255 Å². The summed E-state index contributed by atoms with van der Waals surface area (Å²) in [7, 11) is 11.5. The Morgan fingerprint density at radius 2 is 0.969 bits per heavy atom. The number of hydrogen-bond donors (Lipinski definition) is 5. The van der Waals surface area contributed by atoms with Gasteiger partial charge in [-0.15, -0.1) is 0 Å². The number of nitrogens with one attached hydrogen (secondary N) is 4. The average Bonchev–Trinajstić information content (AvgIpc) is 0.815. The summed E-state index contributed by atoms with van der Waals surface area (Å²) in [5.74, 6) is -9.22. The lowest BCUT2D eigenvalue weighted by atomic mass is 9.91. The highest BCUT2D eigenvalue weighted by atomic mass is 32.2. The summed E-state index contributed by atoms with van der Waals surface area (Å²) in [6.07, 6.45) is 3.46. The van der Waals surface area contributed by atoms with Gasteiger partial charge < -0.3 is 70.3 Å². The number of ether oxygens (including phenoxy) is 1. The summed E-state index contributed by atoms with van der Waals surface area (Å²) < 4.78 is 5.86. The van der Waals surface area contributed by atoms with Crippen molar-refractivity contribution < 1.29 is 62.6 Å². The van der Waals surface area contributed by atoms with Crippen molar-refractivity contribution in [1.82, 2.24) is 60.5 Å². The van der Waals surface area contributed by atoms with E-state index < -0.39 is 161 Å². The Balaban J connectivity index is 4.61. The van der Waals surface area contributed by atoms with Crippen LogP contribution in [0.15, 0.2) is 12.2 Å². The molecule has 26 heteroatoms. The van der Waals surface area contributed by atoms with Crippen molar-refractivity contribution >= 4 is 76.7 Å². The molecule has 25 nitrogen and oxygen atoms in total. The van der Waals surface area contributed by atoms with E-state index in [2.05, 4.69) is 40.0 Å². The summed E-state index contributed by atoms with van der Waals surface area (Å²) in [6.45, 7) is 36.4. The van der Waals surface area contributed by atoms with Crippen molar-refractivity contribution in [1.29, 1.82) is 0 Å². The number of nitrogens with zero attached hydrogens (tertiary/aromatic N) is 8. The van der Waals surface area contributed by atoms with Gasteiger partial charge in [0, 0.05) is 68.6 Å². The lowest BCUT2D eigenvalue weighted by molar-refractivity contribution is -0.157. The van der Waals surface area contributed by atoms with Crippen LogP contribution in [-0.2, 0) is 57.5 Å². The third-order valence-corrected chi connectivity index (χ3v) is 20.0. The molecule has 0 aromatic heterocycles. The quantitative estimate of drug-likeness (QED) is 0.0636. The van der Waals surface area contributed by atoms with Gasteiger partial charge in [0.15, 0.2) is 0 Å². The molecule has 1 heterocycles. The number of aliphatic hydroxyl groups excluding tert-OH is 1. The van der Waals surface area contributed by atoms with Crippen molar-refractivity contribution in [3.05, 3.63) is 12.2 Å². The Morgan fingerprint density at radius 1 is 0.526 bits per heavy atom. The zero-order valence-electron chi connectivity index (χ0n) is 64.4. The fraction of sp³-hybridized carbons (Fsp3) is 0.817. The van der Waals surface area contributed by atoms with Gasteiger partial charge in [-0.1, -0.05) is 109 Å². The Kier molecular flexibility index (Phi) is 38.3. The number of carbonyl (C=O) groups is 11. The summed E-state index contributed by atoms with van der Waals surface area (Å²) in [5.41, 5.74) is -1.04. The largest absolute Gasteiger partial charge is 0.390 e. The van der Waals surface area contributed by atoms with Crippen LogP contribution in [0.5, 0.6) is 0 Å². The van der Waals surface area contributed by atoms with Crippen molar-refractivity contribution in [2.24, 2.45) is 35.5 Å². The second-order valence-electron chi connectivity index (χ2n) is 29.3. The number of hydrogen-bond acceptors (Lipinski definition) is 15. The number of rotatable bonds is 24. The minimum absolute atomic E-state index is 0.00648. The van der Waals surface area contributed by atoms with Crippen LogP contribution in [-0.4, -0.2) is 275 Å². The Labute approximate surface area is 587 Å². The normalized spacial score (nSPS) is 26.0. The SMILES string of the molecule is C/C=C/C[C@@H](C)[C@@H](O)[C@H]1C(=O)N[C@@H](CC)C(=O)N(C)[C@H](CSCCCN(CC)CC)C(=O)N(C)[C@@H](CC(C)(C)OC)C(=O)N[C@@H](C(C)C)C(=O)N(C)[C@@H](CC(C)C)C(=O)N[C@@H](C)C(=O)N[C@H](C)C(=O)N(C)[C@@H](CC(C)C)C(=O)N(C)[C@@H](CC(C)C)C(=O)N(C)[C@@H](C(C)C)C(=O)N1C.